The highest BCUT2D eigenvalue weighted by atomic mass is 16.5. The Labute approximate surface area is 190 Å². The maximum absolute atomic E-state index is 12.2. The zero-order valence-corrected chi connectivity index (χ0v) is 18.9. The molecule has 33 heavy (non-hydrogen) atoms. The third kappa shape index (κ3) is 3.86. The molecule has 0 radical (unpaired) electrons. The Hall–Kier alpha value is -3.66. The molecule has 172 valence electrons. The zero-order valence-electron chi connectivity index (χ0n) is 18.9. The summed E-state index contributed by atoms with van der Waals surface area (Å²) < 4.78 is 12.8. The van der Waals surface area contributed by atoms with Crippen LogP contribution in [0, 0.1) is 0 Å². The SMILES string of the molecule is CNC(=O)c1cnn2ccc(-c3c[nH]c4nc(N[C@H]5CC[C@@H](OC)CC5)nc(OC)c34)cc12. The number of pyridine rings is 1. The number of nitrogens with one attached hydrogen (secondary N) is 3. The molecule has 4 heterocycles. The highest BCUT2D eigenvalue weighted by Gasteiger charge is 2.23. The number of fused-ring (bicyclic) bond motifs is 2. The molecule has 0 aliphatic heterocycles. The van der Waals surface area contributed by atoms with Gasteiger partial charge in [-0.3, -0.25) is 4.79 Å². The molecule has 4 aromatic heterocycles. The summed E-state index contributed by atoms with van der Waals surface area (Å²) in [5.41, 5.74) is 3.70. The highest BCUT2D eigenvalue weighted by Crippen LogP contribution is 2.35. The number of amides is 1. The second-order valence-electron chi connectivity index (χ2n) is 8.22. The molecule has 0 saturated heterocycles. The number of anilines is 1. The van der Waals surface area contributed by atoms with Gasteiger partial charge in [-0.1, -0.05) is 0 Å². The van der Waals surface area contributed by atoms with Crippen LogP contribution in [0.1, 0.15) is 36.0 Å². The first kappa shape index (κ1) is 21.2. The average Bonchev–Trinajstić information content (AvgIpc) is 3.47. The number of H-pyrrole nitrogens is 1. The zero-order chi connectivity index (χ0) is 22.9. The van der Waals surface area contributed by atoms with Crippen LogP contribution in [-0.2, 0) is 4.74 Å². The fraction of sp³-hybridized carbons (Fsp3) is 0.391. The predicted molar refractivity (Wildman–Crippen MR) is 125 cm³/mol. The van der Waals surface area contributed by atoms with Gasteiger partial charge >= 0.3 is 0 Å². The van der Waals surface area contributed by atoms with Crippen LogP contribution in [0.2, 0.25) is 0 Å². The fourth-order valence-corrected chi connectivity index (χ4v) is 4.52. The van der Waals surface area contributed by atoms with E-state index >= 15 is 0 Å². The van der Waals surface area contributed by atoms with E-state index in [9.17, 15) is 4.79 Å². The minimum atomic E-state index is -0.183. The van der Waals surface area contributed by atoms with Gasteiger partial charge in [0.1, 0.15) is 5.65 Å². The minimum Gasteiger partial charge on any atom is -0.480 e. The second-order valence-corrected chi connectivity index (χ2v) is 8.22. The van der Waals surface area contributed by atoms with Crippen LogP contribution >= 0.6 is 0 Å². The molecule has 10 nitrogen and oxygen atoms in total. The maximum atomic E-state index is 12.2. The van der Waals surface area contributed by atoms with Crippen LogP contribution in [0.15, 0.2) is 30.7 Å². The third-order valence-corrected chi connectivity index (χ3v) is 6.34. The fourth-order valence-electron chi connectivity index (χ4n) is 4.52. The van der Waals surface area contributed by atoms with Gasteiger partial charge in [0.25, 0.3) is 5.91 Å². The highest BCUT2D eigenvalue weighted by molar-refractivity contribution is 6.02. The molecule has 0 unspecified atom stereocenters. The Bertz CT molecular complexity index is 1300. The van der Waals surface area contributed by atoms with E-state index in [2.05, 4.69) is 25.7 Å². The van der Waals surface area contributed by atoms with Crippen LogP contribution in [0.3, 0.4) is 0 Å². The Morgan fingerprint density at radius 2 is 2.03 bits per heavy atom. The number of rotatable bonds is 6. The van der Waals surface area contributed by atoms with E-state index in [-0.39, 0.29) is 5.91 Å². The molecule has 10 heteroatoms. The molecule has 1 amide bonds. The normalized spacial score (nSPS) is 18.5. The number of nitrogens with zero attached hydrogens (tertiary/aromatic N) is 4. The number of hydrogen-bond acceptors (Lipinski definition) is 7. The molecule has 0 spiro atoms. The van der Waals surface area contributed by atoms with Gasteiger partial charge in [0.05, 0.1) is 35.9 Å². The summed E-state index contributed by atoms with van der Waals surface area (Å²) in [5, 5.41) is 11.2. The van der Waals surface area contributed by atoms with Gasteiger partial charge in [-0.15, -0.1) is 0 Å². The first-order valence-electron chi connectivity index (χ1n) is 11.0. The van der Waals surface area contributed by atoms with Crippen molar-refractivity contribution in [2.75, 3.05) is 26.6 Å². The lowest BCUT2D eigenvalue weighted by Gasteiger charge is -2.28. The van der Waals surface area contributed by atoms with Crippen molar-refractivity contribution in [2.45, 2.75) is 37.8 Å². The van der Waals surface area contributed by atoms with Crippen molar-refractivity contribution in [3.63, 3.8) is 0 Å². The first-order chi connectivity index (χ1) is 16.1. The largest absolute Gasteiger partial charge is 0.480 e. The second kappa shape index (κ2) is 8.70. The lowest BCUT2D eigenvalue weighted by molar-refractivity contribution is 0.0681. The number of aromatic nitrogens is 5. The molecule has 0 atom stereocenters. The lowest BCUT2D eigenvalue weighted by atomic mass is 9.93. The Kier molecular flexibility index (Phi) is 5.59. The summed E-state index contributed by atoms with van der Waals surface area (Å²) in [6, 6.07) is 4.18. The number of methoxy groups -OCH3 is 2. The van der Waals surface area contributed by atoms with Crippen molar-refractivity contribution in [2.24, 2.45) is 0 Å². The minimum absolute atomic E-state index is 0.183. The van der Waals surface area contributed by atoms with Crippen LogP contribution in [-0.4, -0.2) is 63.9 Å². The predicted octanol–water partition coefficient (Wildman–Crippen LogP) is 3.01. The van der Waals surface area contributed by atoms with E-state index in [0.717, 1.165) is 42.2 Å². The molecule has 5 rings (SSSR count). The monoisotopic (exact) mass is 449 g/mol. The molecule has 1 fully saturated rings. The Morgan fingerprint density at radius 1 is 1.21 bits per heavy atom. The van der Waals surface area contributed by atoms with Crippen LogP contribution < -0.4 is 15.4 Å². The van der Waals surface area contributed by atoms with Gasteiger partial charge in [0.2, 0.25) is 11.8 Å². The van der Waals surface area contributed by atoms with E-state index in [1.165, 1.54) is 0 Å². The van der Waals surface area contributed by atoms with Crippen molar-refractivity contribution in [3.8, 4) is 17.0 Å². The summed E-state index contributed by atoms with van der Waals surface area (Å²) in [6.45, 7) is 0. The standard InChI is InChI=1S/C23H27N7O3/c1-24-21(31)17-12-26-30-9-8-13(10-18(17)30)16-11-25-20-19(16)22(33-3)29-23(28-20)27-14-4-6-15(32-2)7-5-14/h8-12,14-15H,4-7H2,1-3H3,(H,24,31)(H2,25,27,28,29)/t14-,15+. The third-order valence-electron chi connectivity index (χ3n) is 6.34. The van der Waals surface area contributed by atoms with Gasteiger partial charge in [-0.05, 0) is 43.4 Å². The topological polar surface area (TPSA) is 118 Å². The van der Waals surface area contributed by atoms with E-state index < -0.39 is 0 Å². The number of carbonyl (C=O) groups is 1. The van der Waals surface area contributed by atoms with E-state index in [4.69, 9.17) is 14.5 Å². The van der Waals surface area contributed by atoms with Crippen molar-refractivity contribution in [3.05, 3.63) is 36.3 Å². The Balaban J connectivity index is 1.49. The summed E-state index contributed by atoms with van der Waals surface area (Å²) in [5.74, 6) is 0.850. The molecule has 0 aromatic carbocycles. The molecule has 3 N–H and O–H groups in total. The van der Waals surface area contributed by atoms with Crippen molar-refractivity contribution >= 4 is 28.4 Å². The van der Waals surface area contributed by atoms with Crippen LogP contribution in [0.25, 0.3) is 27.7 Å². The number of aromatic amines is 1. The van der Waals surface area contributed by atoms with Gasteiger partial charge < -0.3 is 25.1 Å². The molecule has 1 saturated carbocycles. The maximum Gasteiger partial charge on any atom is 0.254 e. The summed E-state index contributed by atoms with van der Waals surface area (Å²) in [4.78, 5) is 24.8. The summed E-state index contributed by atoms with van der Waals surface area (Å²) >= 11 is 0. The number of ether oxygens (including phenoxy) is 2. The molecule has 1 aliphatic rings. The van der Waals surface area contributed by atoms with Gasteiger partial charge in [0, 0.05) is 38.2 Å². The van der Waals surface area contributed by atoms with Crippen LogP contribution in [0.5, 0.6) is 5.88 Å². The lowest BCUT2D eigenvalue weighted by Crippen LogP contribution is -2.29. The van der Waals surface area contributed by atoms with Crippen LogP contribution in [0.4, 0.5) is 5.95 Å². The first-order valence-corrected chi connectivity index (χ1v) is 11.0. The molecule has 1 aliphatic carbocycles. The number of carbonyl (C=O) groups excluding carboxylic acids is 1. The molecular weight excluding hydrogens is 422 g/mol. The quantitative estimate of drug-likeness (QED) is 0.414. The summed E-state index contributed by atoms with van der Waals surface area (Å²) in [6.07, 6.45) is 9.69. The molecule has 0 bridgehead atoms. The molecule has 4 aromatic rings. The van der Waals surface area contributed by atoms with Crippen molar-refractivity contribution in [1.82, 2.24) is 29.9 Å². The number of hydrogen-bond donors (Lipinski definition) is 3. The smallest absolute Gasteiger partial charge is 0.254 e. The molecular formula is C23H27N7O3. The summed E-state index contributed by atoms with van der Waals surface area (Å²) in [7, 11) is 4.98. The van der Waals surface area contributed by atoms with E-state index in [0.29, 0.717) is 40.7 Å². The van der Waals surface area contributed by atoms with E-state index in [1.807, 2.05) is 24.5 Å². The van der Waals surface area contributed by atoms with Crippen molar-refractivity contribution in [1.29, 1.82) is 0 Å². The van der Waals surface area contributed by atoms with Crippen molar-refractivity contribution < 1.29 is 14.3 Å². The van der Waals surface area contributed by atoms with Gasteiger partial charge in [-0.25, -0.2) is 4.52 Å². The average molecular weight is 450 g/mol. The van der Waals surface area contributed by atoms with E-state index in [1.54, 1.807) is 32.0 Å². The van der Waals surface area contributed by atoms with Gasteiger partial charge in [-0.2, -0.15) is 15.1 Å². The van der Waals surface area contributed by atoms with Gasteiger partial charge in [0.15, 0.2) is 0 Å². The Morgan fingerprint density at radius 3 is 2.76 bits per heavy atom.